The van der Waals surface area contributed by atoms with Crippen molar-refractivity contribution < 1.29 is 9.53 Å². The lowest BCUT2D eigenvalue weighted by molar-refractivity contribution is -0.121. The normalized spacial score (nSPS) is 12.4. The van der Waals surface area contributed by atoms with Crippen molar-refractivity contribution in [3.05, 3.63) is 12.2 Å². The third-order valence-corrected chi connectivity index (χ3v) is 2.95. The number of likely N-dealkylation sites (N-methyl/N-ethyl adjacent to an activating group) is 1. The second-order valence-corrected chi connectivity index (χ2v) is 4.84. The molecule has 2 aromatic rings. The zero-order valence-electron chi connectivity index (χ0n) is 11.6. The number of amides is 1. The lowest BCUT2D eigenvalue weighted by Crippen LogP contribution is -2.28. The summed E-state index contributed by atoms with van der Waals surface area (Å²) in [6.45, 7) is 4.32. The highest BCUT2D eigenvalue weighted by atomic mass is 35.5. The van der Waals surface area contributed by atoms with Crippen LogP contribution in [0.1, 0.15) is 25.0 Å². The Labute approximate surface area is 121 Å². The van der Waals surface area contributed by atoms with E-state index >= 15 is 0 Å². The summed E-state index contributed by atoms with van der Waals surface area (Å²) in [5.41, 5.74) is 1.03. The van der Waals surface area contributed by atoms with E-state index in [0.717, 1.165) is 0 Å². The van der Waals surface area contributed by atoms with E-state index in [0.29, 0.717) is 29.4 Å². The third-order valence-electron chi connectivity index (χ3n) is 2.75. The maximum atomic E-state index is 11.8. The molecule has 1 atom stereocenters. The van der Waals surface area contributed by atoms with Crippen LogP contribution in [0.25, 0.3) is 11.2 Å². The molecule has 8 heteroatoms. The second kappa shape index (κ2) is 6.04. The summed E-state index contributed by atoms with van der Waals surface area (Å²) in [5, 5.41) is 2.38. The quantitative estimate of drug-likeness (QED) is 0.841. The highest BCUT2D eigenvalue weighted by molar-refractivity contribution is 6.20. The number of hydrogen-bond donors (Lipinski definition) is 1. The Morgan fingerprint density at radius 1 is 1.55 bits per heavy atom. The fraction of sp³-hybridized carbons (Fsp3) is 0.500. The first kappa shape index (κ1) is 14.5. The Hall–Kier alpha value is -1.89. The number of fused-ring (bicyclic) bond motifs is 1. The van der Waals surface area contributed by atoms with Crippen LogP contribution >= 0.6 is 11.6 Å². The molecule has 0 aliphatic rings. The molecule has 0 aliphatic heterocycles. The minimum Gasteiger partial charge on any atom is -0.479 e. The molecule has 108 valence electrons. The van der Waals surface area contributed by atoms with Crippen molar-refractivity contribution in [2.24, 2.45) is 0 Å². The molecule has 0 bridgehead atoms. The number of hydrogen-bond acceptors (Lipinski definition) is 5. The molecule has 0 aromatic carbocycles. The van der Waals surface area contributed by atoms with Crippen LogP contribution < -0.4 is 10.1 Å². The van der Waals surface area contributed by atoms with Gasteiger partial charge < -0.3 is 14.6 Å². The molecular formula is C12H16ClN5O2. The number of halogens is 1. The molecule has 7 nitrogen and oxygen atoms in total. The van der Waals surface area contributed by atoms with Gasteiger partial charge in [-0.3, -0.25) is 4.79 Å². The average molecular weight is 298 g/mol. The van der Waals surface area contributed by atoms with Gasteiger partial charge in [0.05, 0.1) is 12.5 Å². The van der Waals surface area contributed by atoms with Crippen molar-refractivity contribution in [1.82, 2.24) is 24.8 Å². The van der Waals surface area contributed by atoms with Gasteiger partial charge in [0.1, 0.15) is 18.7 Å². The van der Waals surface area contributed by atoms with Crippen LogP contribution in [0.4, 0.5) is 0 Å². The SMILES string of the molecule is CCNC(=O)Cn1c(C(C)Cl)nc2c(OC)ncnc21. The first-order valence-corrected chi connectivity index (χ1v) is 6.68. The first-order chi connectivity index (χ1) is 9.58. The van der Waals surface area contributed by atoms with Crippen LogP contribution in [0, 0.1) is 0 Å². The topological polar surface area (TPSA) is 81.9 Å². The Morgan fingerprint density at radius 3 is 2.90 bits per heavy atom. The van der Waals surface area contributed by atoms with E-state index in [2.05, 4.69) is 20.3 Å². The number of rotatable bonds is 5. The van der Waals surface area contributed by atoms with E-state index in [4.69, 9.17) is 16.3 Å². The predicted molar refractivity (Wildman–Crippen MR) is 74.8 cm³/mol. The summed E-state index contributed by atoms with van der Waals surface area (Å²) in [6.07, 6.45) is 1.37. The first-order valence-electron chi connectivity index (χ1n) is 6.24. The molecule has 0 spiro atoms. The van der Waals surface area contributed by atoms with E-state index in [1.165, 1.54) is 13.4 Å². The number of aromatic nitrogens is 4. The Morgan fingerprint density at radius 2 is 2.30 bits per heavy atom. The number of carbonyl (C=O) groups excluding carboxylic acids is 1. The van der Waals surface area contributed by atoms with Gasteiger partial charge in [-0.05, 0) is 13.8 Å². The summed E-state index contributed by atoms with van der Waals surface area (Å²) in [6, 6.07) is 0. The molecule has 0 aliphatic carbocycles. The van der Waals surface area contributed by atoms with Gasteiger partial charge in [0.2, 0.25) is 11.8 Å². The molecule has 2 rings (SSSR count). The maximum absolute atomic E-state index is 11.8. The molecule has 0 saturated heterocycles. The Balaban J connectivity index is 2.54. The van der Waals surface area contributed by atoms with Crippen LogP contribution in [0.3, 0.4) is 0 Å². The van der Waals surface area contributed by atoms with Gasteiger partial charge in [0, 0.05) is 6.54 Å². The fourth-order valence-electron chi connectivity index (χ4n) is 1.94. The maximum Gasteiger partial charge on any atom is 0.245 e. The van der Waals surface area contributed by atoms with Gasteiger partial charge in [-0.15, -0.1) is 11.6 Å². The number of methoxy groups -OCH3 is 1. The van der Waals surface area contributed by atoms with E-state index in [-0.39, 0.29) is 17.8 Å². The Kier molecular flexibility index (Phi) is 4.39. The molecule has 1 unspecified atom stereocenters. The van der Waals surface area contributed by atoms with E-state index in [1.807, 2.05) is 6.92 Å². The smallest absolute Gasteiger partial charge is 0.245 e. The monoisotopic (exact) mass is 297 g/mol. The molecule has 1 N–H and O–H groups in total. The summed E-state index contributed by atoms with van der Waals surface area (Å²) in [5.74, 6) is 0.804. The van der Waals surface area contributed by atoms with Crippen LogP contribution in [0.2, 0.25) is 0 Å². The van der Waals surface area contributed by atoms with Gasteiger partial charge in [-0.25, -0.2) is 9.97 Å². The number of nitrogens with zero attached hydrogens (tertiary/aromatic N) is 4. The summed E-state index contributed by atoms with van der Waals surface area (Å²) < 4.78 is 6.84. The van der Waals surface area contributed by atoms with Crippen molar-refractivity contribution in [3.63, 3.8) is 0 Å². The lowest BCUT2D eigenvalue weighted by Gasteiger charge is -2.09. The van der Waals surface area contributed by atoms with Crippen molar-refractivity contribution in [2.75, 3.05) is 13.7 Å². The number of nitrogens with one attached hydrogen (secondary N) is 1. The van der Waals surface area contributed by atoms with E-state index in [9.17, 15) is 4.79 Å². The van der Waals surface area contributed by atoms with E-state index in [1.54, 1.807) is 11.5 Å². The van der Waals surface area contributed by atoms with Crippen LogP contribution in [-0.2, 0) is 11.3 Å². The third kappa shape index (κ3) is 2.67. The molecule has 0 fully saturated rings. The summed E-state index contributed by atoms with van der Waals surface area (Å²) in [4.78, 5) is 24.4. The molecule has 20 heavy (non-hydrogen) atoms. The predicted octanol–water partition coefficient (Wildman–Crippen LogP) is 1.27. The second-order valence-electron chi connectivity index (χ2n) is 4.18. The average Bonchev–Trinajstić information content (AvgIpc) is 2.78. The number of ether oxygens (including phenoxy) is 1. The van der Waals surface area contributed by atoms with Crippen molar-refractivity contribution in [2.45, 2.75) is 25.8 Å². The minimum absolute atomic E-state index is 0.108. The molecular weight excluding hydrogens is 282 g/mol. The zero-order chi connectivity index (χ0) is 14.7. The fourth-order valence-corrected chi connectivity index (χ4v) is 2.10. The van der Waals surface area contributed by atoms with Gasteiger partial charge in [-0.2, -0.15) is 4.98 Å². The summed E-state index contributed by atoms with van der Waals surface area (Å²) >= 11 is 6.13. The van der Waals surface area contributed by atoms with Crippen molar-refractivity contribution >= 4 is 28.7 Å². The molecule has 1 amide bonds. The zero-order valence-corrected chi connectivity index (χ0v) is 12.3. The van der Waals surface area contributed by atoms with E-state index < -0.39 is 0 Å². The lowest BCUT2D eigenvalue weighted by atomic mass is 10.4. The highest BCUT2D eigenvalue weighted by Gasteiger charge is 2.20. The minimum atomic E-state index is -0.358. The van der Waals surface area contributed by atoms with Crippen molar-refractivity contribution in [1.29, 1.82) is 0 Å². The molecule has 2 aromatic heterocycles. The van der Waals surface area contributed by atoms with Gasteiger partial charge in [0.15, 0.2) is 11.2 Å². The van der Waals surface area contributed by atoms with Gasteiger partial charge >= 0.3 is 0 Å². The van der Waals surface area contributed by atoms with Crippen molar-refractivity contribution in [3.8, 4) is 5.88 Å². The largest absolute Gasteiger partial charge is 0.479 e. The molecule has 0 radical (unpaired) electrons. The molecule has 2 heterocycles. The standard InChI is InChI=1S/C12H16ClN5O2/c1-4-14-8(19)5-18-10(7(2)13)17-9-11(18)15-6-16-12(9)20-3/h6-7H,4-5H2,1-3H3,(H,14,19). The van der Waals surface area contributed by atoms with Gasteiger partial charge in [-0.1, -0.05) is 0 Å². The van der Waals surface area contributed by atoms with Gasteiger partial charge in [0.25, 0.3) is 0 Å². The number of imidazole rings is 1. The Bertz CT molecular complexity index is 626. The summed E-state index contributed by atoms with van der Waals surface area (Å²) in [7, 11) is 1.51. The molecule has 0 saturated carbocycles. The van der Waals surface area contributed by atoms with Crippen LogP contribution in [0.5, 0.6) is 5.88 Å². The van der Waals surface area contributed by atoms with Crippen LogP contribution in [0.15, 0.2) is 6.33 Å². The number of alkyl halides is 1. The van der Waals surface area contributed by atoms with Crippen LogP contribution in [-0.4, -0.2) is 39.1 Å². The number of carbonyl (C=O) groups is 1. The highest BCUT2D eigenvalue weighted by Crippen LogP contribution is 2.27.